The third-order valence-electron chi connectivity index (χ3n) is 5.55. The van der Waals surface area contributed by atoms with E-state index in [-0.39, 0.29) is 5.92 Å². The van der Waals surface area contributed by atoms with Crippen molar-refractivity contribution in [1.82, 2.24) is 0 Å². The molecule has 1 aliphatic rings. The van der Waals surface area contributed by atoms with E-state index in [9.17, 15) is 5.11 Å². The molecule has 0 saturated carbocycles. The Morgan fingerprint density at radius 3 is 1.64 bits per heavy atom. The van der Waals surface area contributed by atoms with Crippen LogP contribution in [0.4, 0.5) is 0 Å². The number of hydrogen-bond acceptors (Lipinski definition) is 4. The van der Waals surface area contributed by atoms with Crippen molar-refractivity contribution in [2.45, 2.75) is 90.1 Å². The van der Waals surface area contributed by atoms with Crippen molar-refractivity contribution >= 4 is 17.1 Å². The summed E-state index contributed by atoms with van der Waals surface area (Å²) < 4.78 is 20.2. The van der Waals surface area contributed by atoms with Gasteiger partial charge < -0.3 is 18.1 Å². The van der Waals surface area contributed by atoms with Crippen molar-refractivity contribution in [1.29, 1.82) is 0 Å². The largest absolute Gasteiger partial charge is 0.414 e. The van der Waals surface area contributed by atoms with Gasteiger partial charge in [0.2, 0.25) is 0 Å². The molecule has 0 amide bonds. The van der Waals surface area contributed by atoms with Gasteiger partial charge in [0.1, 0.15) is 0 Å². The first-order valence-electron chi connectivity index (χ1n) is 9.80. The van der Waals surface area contributed by atoms with Gasteiger partial charge in [-0.25, -0.2) is 0 Å². The summed E-state index contributed by atoms with van der Waals surface area (Å²) in [6, 6.07) is 0. The molecule has 2 atom stereocenters. The molecule has 1 aliphatic heterocycles. The van der Waals surface area contributed by atoms with Crippen LogP contribution in [0.15, 0.2) is 12.7 Å². The van der Waals surface area contributed by atoms with Crippen LogP contribution in [-0.4, -0.2) is 41.5 Å². The first-order valence-corrected chi connectivity index (χ1v) is 13.7. The summed E-state index contributed by atoms with van der Waals surface area (Å²) in [5, 5.41) is 10.7. The maximum Gasteiger partial charge on any atom is 0.334 e. The Morgan fingerprint density at radius 2 is 1.28 bits per heavy atom. The molecule has 6 heteroatoms. The smallest absolute Gasteiger partial charge is 0.334 e. The number of aliphatic hydroxyl groups excluding tert-OH is 1. The quantitative estimate of drug-likeness (QED) is 0.506. The van der Waals surface area contributed by atoms with Crippen LogP contribution in [0.25, 0.3) is 0 Å². The molecule has 0 aromatic carbocycles. The monoisotopic (exact) mass is 388 g/mol. The van der Waals surface area contributed by atoms with Gasteiger partial charge in [0.05, 0.1) is 12.7 Å². The predicted molar refractivity (Wildman–Crippen MR) is 109 cm³/mol. The lowest BCUT2D eigenvalue weighted by atomic mass is 10.0. The zero-order valence-corrected chi connectivity index (χ0v) is 19.5. The average molecular weight is 389 g/mol. The molecule has 4 nitrogen and oxygen atoms in total. The summed E-state index contributed by atoms with van der Waals surface area (Å²) in [6.45, 7) is 22.3. The normalized spacial score (nSPS) is 27.4. The van der Waals surface area contributed by atoms with Gasteiger partial charge in [-0.15, -0.1) is 6.58 Å². The summed E-state index contributed by atoms with van der Waals surface area (Å²) in [6.07, 6.45) is 2.04. The average Bonchev–Trinajstić information content (AvgIpc) is 2.57. The highest BCUT2D eigenvalue weighted by Gasteiger charge is 2.57. The van der Waals surface area contributed by atoms with Crippen molar-refractivity contribution in [3.63, 3.8) is 0 Å². The van der Waals surface area contributed by atoms with Gasteiger partial charge in [-0.3, -0.25) is 0 Å². The number of rotatable bonds is 6. The molecule has 0 spiro atoms. The summed E-state index contributed by atoms with van der Waals surface area (Å²) in [4.78, 5) is 0. The zero-order valence-electron chi connectivity index (χ0n) is 17.5. The first-order chi connectivity index (χ1) is 11.5. The minimum absolute atomic E-state index is 0.00889. The number of aliphatic hydroxyl groups is 1. The molecule has 0 bridgehead atoms. The van der Waals surface area contributed by atoms with E-state index in [0.717, 1.165) is 6.42 Å². The molecule has 0 radical (unpaired) electrons. The fraction of sp³-hybridized carbons (Fsp3) is 0.895. The Hall–Kier alpha value is 0.0138. The van der Waals surface area contributed by atoms with E-state index in [1.54, 1.807) is 0 Å². The highest BCUT2D eigenvalue weighted by Crippen LogP contribution is 2.45. The Kier molecular flexibility index (Phi) is 8.56. The van der Waals surface area contributed by atoms with Crippen LogP contribution in [0.5, 0.6) is 0 Å². The van der Waals surface area contributed by atoms with Crippen molar-refractivity contribution < 1.29 is 18.1 Å². The van der Waals surface area contributed by atoms with Crippen molar-refractivity contribution in [3.05, 3.63) is 12.7 Å². The summed E-state index contributed by atoms with van der Waals surface area (Å²) in [5.74, 6) is 0.00889. The van der Waals surface area contributed by atoms with Gasteiger partial charge >= 0.3 is 17.1 Å². The molecular formula is C19H40O4Si2. The lowest BCUT2D eigenvalue weighted by Gasteiger charge is -2.47. The molecule has 1 N–H and O–H groups in total. The summed E-state index contributed by atoms with van der Waals surface area (Å²) in [7, 11) is -5.08. The van der Waals surface area contributed by atoms with Crippen LogP contribution >= 0.6 is 0 Å². The predicted octanol–water partition coefficient (Wildman–Crippen LogP) is 5.13. The first kappa shape index (κ1) is 23.1. The van der Waals surface area contributed by atoms with Gasteiger partial charge in [-0.1, -0.05) is 61.5 Å². The molecule has 1 saturated heterocycles. The van der Waals surface area contributed by atoms with E-state index >= 15 is 0 Å². The topological polar surface area (TPSA) is 47.9 Å². The second kappa shape index (κ2) is 9.28. The maximum absolute atomic E-state index is 10.7. The lowest BCUT2D eigenvalue weighted by molar-refractivity contribution is 0.0328. The second-order valence-corrected chi connectivity index (χ2v) is 17.5. The van der Waals surface area contributed by atoms with Gasteiger partial charge in [0.15, 0.2) is 0 Å². The van der Waals surface area contributed by atoms with Gasteiger partial charge in [-0.05, 0) is 28.6 Å². The molecule has 148 valence electrons. The SMILES string of the molecule is C=CC[C@@H]1CO[Si](C(C)C)(C(C)C)O[Si](C(C)C)(C(C)C)OC[C@H]1O. The third kappa shape index (κ3) is 4.84. The minimum atomic E-state index is -2.56. The summed E-state index contributed by atoms with van der Waals surface area (Å²) >= 11 is 0. The van der Waals surface area contributed by atoms with Crippen LogP contribution in [0, 0.1) is 5.92 Å². The van der Waals surface area contributed by atoms with Gasteiger partial charge in [0.25, 0.3) is 0 Å². The number of allylic oxidation sites excluding steroid dienone is 1. The molecule has 1 rings (SSSR count). The van der Waals surface area contributed by atoms with Crippen LogP contribution in [-0.2, 0) is 13.0 Å². The van der Waals surface area contributed by atoms with E-state index in [0.29, 0.717) is 35.4 Å². The number of hydrogen-bond donors (Lipinski definition) is 1. The molecule has 0 unspecified atom stereocenters. The molecule has 0 aromatic rings. The molecule has 25 heavy (non-hydrogen) atoms. The fourth-order valence-electron chi connectivity index (χ4n) is 3.92. The van der Waals surface area contributed by atoms with E-state index in [2.05, 4.69) is 62.0 Å². The molecule has 1 heterocycles. The molecule has 0 aromatic heterocycles. The Labute approximate surface area is 157 Å². The standard InChI is InChI=1S/C19H40O4Si2/c1-10-11-18-12-21-24(14(2)3,15(4)5)23-25(16(6)7,17(8)9)22-13-19(18)20/h10,14-20H,1,11-13H2,2-9H3/t18-,19-/m1/s1. The van der Waals surface area contributed by atoms with E-state index < -0.39 is 23.2 Å². The fourth-order valence-corrected chi connectivity index (χ4v) is 15.1. The molecule has 1 fully saturated rings. The van der Waals surface area contributed by atoms with Crippen molar-refractivity contribution in [3.8, 4) is 0 Å². The molecule has 0 aliphatic carbocycles. The Morgan fingerprint density at radius 1 is 0.880 bits per heavy atom. The van der Waals surface area contributed by atoms with E-state index in [1.807, 2.05) is 6.08 Å². The van der Waals surface area contributed by atoms with Crippen LogP contribution in [0.2, 0.25) is 22.2 Å². The maximum atomic E-state index is 10.7. The highest BCUT2D eigenvalue weighted by atomic mass is 28.5. The van der Waals surface area contributed by atoms with Crippen molar-refractivity contribution in [2.24, 2.45) is 5.92 Å². The van der Waals surface area contributed by atoms with Gasteiger partial charge in [-0.2, -0.15) is 0 Å². The second-order valence-electron chi connectivity index (χ2n) is 8.64. The van der Waals surface area contributed by atoms with E-state index in [4.69, 9.17) is 13.0 Å². The van der Waals surface area contributed by atoms with Crippen molar-refractivity contribution in [2.75, 3.05) is 13.2 Å². The van der Waals surface area contributed by atoms with Crippen LogP contribution in [0.3, 0.4) is 0 Å². The van der Waals surface area contributed by atoms with Gasteiger partial charge in [0, 0.05) is 12.5 Å². The van der Waals surface area contributed by atoms with E-state index in [1.165, 1.54) is 0 Å². The Balaban J connectivity index is 3.42. The summed E-state index contributed by atoms with van der Waals surface area (Å²) in [5.41, 5.74) is 1.23. The highest BCUT2D eigenvalue weighted by molar-refractivity contribution is 6.83. The minimum Gasteiger partial charge on any atom is -0.414 e. The van der Waals surface area contributed by atoms with Crippen LogP contribution < -0.4 is 0 Å². The van der Waals surface area contributed by atoms with Crippen LogP contribution in [0.1, 0.15) is 61.8 Å². The third-order valence-corrected chi connectivity index (χ3v) is 15.8. The Bertz CT molecular complexity index is 408. The lowest BCUT2D eigenvalue weighted by Crippen LogP contribution is -2.61. The zero-order chi connectivity index (χ0) is 19.4. The molecular weight excluding hydrogens is 348 g/mol.